The summed E-state index contributed by atoms with van der Waals surface area (Å²) in [5.74, 6) is 0.878. The Hall–Kier alpha value is -3.87. The molecule has 0 N–H and O–H groups in total. The van der Waals surface area contributed by atoms with E-state index < -0.39 is 11.1 Å². The molecule has 0 atom stereocenters. The second-order valence-electron chi connectivity index (χ2n) is 6.31. The normalized spacial score (nSPS) is 10.2. The number of hydrogen-bond acceptors (Lipinski definition) is 6. The van der Waals surface area contributed by atoms with E-state index in [2.05, 4.69) is 0 Å². The number of aryl methyl sites for hydroxylation is 1. The molecule has 0 saturated carbocycles. The van der Waals surface area contributed by atoms with Crippen LogP contribution in [-0.4, -0.2) is 11.1 Å². The molecule has 0 aromatic heterocycles. The molecule has 0 bridgehead atoms. The van der Waals surface area contributed by atoms with Crippen molar-refractivity contribution in [2.75, 3.05) is 0 Å². The molecule has 0 spiro atoms. The van der Waals surface area contributed by atoms with Crippen LogP contribution in [-0.2, 0) is 18.0 Å². The molecule has 3 aromatic rings. The number of nitro groups is 1. The summed E-state index contributed by atoms with van der Waals surface area (Å²) in [5.41, 5.74) is 2.96. The van der Waals surface area contributed by atoms with Crippen LogP contribution in [0.15, 0.2) is 72.8 Å². The Morgan fingerprint density at radius 1 is 0.828 bits per heavy atom. The number of rotatable bonds is 7. The standard InChI is InChI=1S/C22H19NO6/c1-16-2-4-17(5-3-16)14-27-20-10-6-18(7-11-20)15-28-22(24)29-21-12-8-19(9-13-21)23(25)26/h2-13H,14-15H2,1H3. The van der Waals surface area contributed by atoms with Crippen molar-refractivity contribution in [2.24, 2.45) is 0 Å². The predicted octanol–water partition coefficient (Wildman–Crippen LogP) is 5.20. The van der Waals surface area contributed by atoms with E-state index in [0.29, 0.717) is 12.4 Å². The highest BCUT2D eigenvalue weighted by Gasteiger charge is 2.09. The van der Waals surface area contributed by atoms with Crippen molar-refractivity contribution in [1.29, 1.82) is 0 Å². The summed E-state index contributed by atoms with van der Waals surface area (Å²) in [6.07, 6.45) is -0.890. The lowest BCUT2D eigenvalue weighted by molar-refractivity contribution is -0.384. The Bertz CT molecular complexity index is 966. The summed E-state index contributed by atoms with van der Waals surface area (Å²) < 4.78 is 15.8. The van der Waals surface area contributed by atoms with Gasteiger partial charge in [-0.05, 0) is 42.3 Å². The molecule has 0 aliphatic carbocycles. The molecule has 0 unspecified atom stereocenters. The SMILES string of the molecule is Cc1ccc(COc2ccc(COC(=O)Oc3ccc([N+](=O)[O-])cc3)cc2)cc1. The van der Waals surface area contributed by atoms with Gasteiger partial charge in [0.2, 0.25) is 0 Å². The Kier molecular flexibility index (Phi) is 6.42. The zero-order chi connectivity index (χ0) is 20.6. The molecule has 0 heterocycles. The Labute approximate surface area is 167 Å². The number of carbonyl (C=O) groups is 1. The molecule has 148 valence electrons. The number of non-ortho nitro benzene ring substituents is 1. The van der Waals surface area contributed by atoms with Gasteiger partial charge in [-0.2, -0.15) is 0 Å². The topological polar surface area (TPSA) is 87.9 Å². The van der Waals surface area contributed by atoms with Gasteiger partial charge < -0.3 is 14.2 Å². The second-order valence-corrected chi connectivity index (χ2v) is 6.31. The third-order valence-electron chi connectivity index (χ3n) is 4.05. The molecule has 0 fully saturated rings. The zero-order valence-electron chi connectivity index (χ0n) is 15.7. The molecule has 0 radical (unpaired) electrons. The zero-order valence-corrected chi connectivity index (χ0v) is 15.7. The van der Waals surface area contributed by atoms with Gasteiger partial charge in [0, 0.05) is 12.1 Å². The maximum absolute atomic E-state index is 11.8. The molecular weight excluding hydrogens is 374 g/mol. The highest BCUT2D eigenvalue weighted by atomic mass is 16.7. The minimum absolute atomic E-state index is 0.0318. The van der Waals surface area contributed by atoms with Crippen molar-refractivity contribution in [3.8, 4) is 11.5 Å². The number of nitro benzene ring substituents is 1. The van der Waals surface area contributed by atoms with Gasteiger partial charge in [-0.3, -0.25) is 10.1 Å². The summed E-state index contributed by atoms with van der Waals surface area (Å²) in [6, 6.07) is 20.5. The summed E-state index contributed by atoms with van der Waals surface area (Å²) in [7, 11) is 0. The number of hydrogen-bond donors (Lipinski definition) is 0. The van der Waals surface area contributed by atoms with Gasteiger partial charge in [-0.1, -0.05) is 42.0 Å². The van der Waals surface area contributed by atoms with Gasteiger partial charge in [0.25, 0.3) is 5.69 Å². The van der Waals surface area contributed by atoms with Gasteiger partial charge in [0.05, 0.1) is 4.92 Å². The van der Waals surface area contributed by atoms with E-state index >= 15 is 0 Å². The fourth-order valence-electron chi connectivity index (χ4n) is 2.44. The molecule has 0 saturated heterocycles. The van der Waals surface area contributed by atoms with E-state index in [0.717, 1.165) is 11.1 Å². The third kappa shape index (κ3) is 6.07. The molecule has 0 aliphatic rings. The lowest BCUT2D eigenvalue weighted by Gasteiger charge is -2.08. The van der Waals surface area contributed by atoms with Crippen molar-refractivity contribution in [1.82, 2.24) is 0 Å². The predicted molar refractivity (Wildman–Crippen MR) is 106 cm³/mol. The van der Waals surface area contributed by atoms with E-state index in [1.165, 1.54) is 29.8 Å². The Balaban J connectivity index is 1.44. The molecule has 3 rings (SSSR count). The maximum atomic E-state index is 11.8. The van der Waals surface area contributed by atoms with Gasteiger partial charge in [0.1, 0.15) is 24.7 Å². The average Bonchev–Trinajstić information content (AvgIpc) is 2.73. The molecule has 3 aromatic carbocycles. The highest BCUT2D eigenvalue weighted by Crippen LogP contribution is 2.18. The van der Waals surface area contributed by atoms with Crippen LogP contribution in [0, 0.1) is 17.0 Å². The third-order valence-corrected chi connectivity index (χ3v) is 4.05. The molecule has 7 heteroatoms. The lowest BCUT2D eigenvalue weighted by atomic mass is 10.2. The number of nitrogens with zero attached hydrogens (tertiary/aromatic N) is 1. The fraction of sp³-hybridized carbons (Fsp3) is 0.136. The minimum Gasteiger partial charge on any atom is -0.489 e. The van der Waals surface area contributed by atoms with Crippen LogP contribution >= 0.6 is 0 Å². The molecule has 0 amide bonds. The van der Waals surface area contributed by atoms with Crippen LogP contribution in [0.5, 0.6) is 11.5 Å². The smallest absolute Gasteiger partial charge is 0.489 e. The Morgan fingerprint density at radius 2 is 1.38 bits per heavy atom. The van der Waals surface area contributed by atoms with Crippen LogP contribution < -0.4 is 9.47 Å². The van der Waals surface area contributed by atoms with Crippen LogP contribution in [0.3, 0.4) is 0 Å². The Morgan fingerprint density at radius 3 is 2.00 bits per heavy atom. The first-order valence-electron chi connectivity index (χ1n) is 8.86. The molecule has 0 aliphatic heterocycles. The quantitative estimate of drug-likeness (QED) is 0.237. The van der Waals surface area contributed by atoms with Crippen molar-refractivity contribution in [3.05, 3.63) is 99.6 Å². The first-order valence-corrected chi connectivity index (χ1v) is 8.86. The minimum atomic E-state index is -0.890. The monoisotopic (exact) mass is 393 g/mol. The van der Waals surface area contributed by atoms with Crippen LogP contribution in [0.2, 0.25) is 0 Å². The summed E-state index contributed by atoms with van der Waals surface area (Å²) in [5, 5.41) is 10.6. The fourth-order valence-corrected chi connectivity index (χ4v) is 2.44. The van der Waals surface area contributed by atoms with Crippen LogP contribution in [0.4, 0.5) is 10.5 Å². The van der Waals surface area contributed by atoms with Crippen molar-refractivity contribution in [2.45, 2.75) is 20.1 Å². The summed E-state index contributed by atoms with van der Waals surface area (Å²) >= 11 is 0. The van der Waals surface area contributed by atoms with Crippen molar-refractivity contribution >= 4 is 11.8 Å². The van der Waals surface area contributed by atoms with Crippen LogP contribution in [0.1, 0.15) is 16.7 Å². The summed E-state index contributed by atoms with van der Waals surface area (Å²) in [6.45, 7) is 2.54. The van der Waals surface area contributed by atoms with E-state index in [1.54, 1.807) is 24.3 Å². The number of benzene rings is 3. The summed E-state index contributed by atoms with van der Waals surface area (Å²) in [4.78, 5) is 21.8. The van der Waals surface area contributed by atoms with E-state index in [-0.39, 0.29) is 18.0 Å². The highest BCUT2D eigenvalue weighted by molar-refractivity contribution is 5.64. The van der Waals surface area contributed by atoms with E-state index in [9.17, 15) is 14.9 Å². The van der Waals surface area contributed by atoms with Gasteiger partial charge in [0.15, 0.2) is 0 Å². The van der Waals surface area contributed by atoms with E-state index in [4.69, 9.17) is 14.2 Å². The van der Waals surface area contributed by atoms with Crippen molar-refractivity contribution < 1.29 is 23.9 Å². The molecular formula is C22H19NO6. The van der Waals surface area contributed by atoms with Gasteiger partial charge in [-0.25, -0.2) is 4.79 Å². The lowest BCUT2D eigenvalue weighted by Crippen LogP contribution is -2.10. The first kappa shape index (κ1) is 19.9. The number of carbonyl (C=O) groups excluding carboxylic acids is 1. The number of ether oxygens (including phenoxy) is 3. The largest absolute Gasteiger partial charge is 0.514 e. The second kappa shape index (κ2) is 9.36. The van der Waals surface area contributed by atoms with E-state index in [1.807, 2.05) is 31.2 Å². The van der Waals surface area contributed by atoms with Crippen molar-refractivity contribution in [3.63, 3.8) is 0 Å². The maximum Gasteiger partial charge on any atom is 0.514 e. The molecule has 29 heavy (non-hydrogen) atoms. The van der Waals surface area contributed by atoms with Gasteiger partial charge in [-0.15, -0.1) is 0 Å². The average molecular weight is 393 g/mol. The first-order chi connectivity index (χ1) is 14.0. The molecule has 7 nitrogen and oxygen atoms in total. The van der Waals surface area contributed by atoms with Crippen LogP contribution in [0.25, 0.3) is 0 Å². The van der Waals surface area contributed by atoms with Gasteiger partial charge >= 0.3 is 6.16 Å².